The number of hydrogen-bond donors (Lipinski definition) is 2. The van der Waals surface area contributed by atoms with Crippen molar-refractivity contribution >= 4 is 27.8 Å². The van der Waals surface area contributed by atoms with Gasteiger partial charge >= 0.3 is 5.97 Å². The molecule has 21 heavy (non-hydrogen) atoms. The summed E-state index contributed by atoms with van der Waals surface area (Å²) < 4.78 is 5.94. The molecule has 0 spiro atoms. The second-order valence-electron chi connectivity index (χ2n) is 5.28. The van der Waals surface area contributed by atoms with Crippen LogP contribution in [0.1, 0.15) is 31.2 Å². The third kappa shape index (κ3) is 3.56. The number of amides is 1. The first kappa shape index (κ1) is 15.8. The smallest absolute Gasteiger partial charge is 0.329 e. The molecule has 6 heteroatoms. The Morgan fingerprint density at radius 3 is 2.62 bits per heavy atom. The first-order valence-electron chi connectivity index (χ1n) is 6.84. The Hall–Kier alpha value is -1.56. The van der Waals surface area contributed by atoms with E-state index in [1.54, 1.807) is 19.2 Å². The van der Waals surface area contributed by atoms with E-state index in [9.17, 15) is 14.7 Å². The zero-order chi connectivity index (χ0) is 15.5. The van der Waals surface area contributed by atoms with Gasteiger partial charge in [0, 0.05) is 4.47 Å². The molecule has 0 saturated heterocycles. The van der Waals surface area contributed by atoms with Crippen molar-refractivity contribution in [3.8, 4) is 5.75 Å². The molecule has 2 rings (SSSR count). The standard InChI is InChI=1S/C15H18BrNO4/c1-21-11-4-5-12(16)10(8-11)9-13(18)17-15(14(19)20)6-2-3-7-15/h4-5,8H,2-3,6-7,9H2,1H3,(H,17,18)(H,19,20). The Kier molecular flexibility index (Phi) is 4.88. The maximum absolute atomic E-state index is 12.2. The summed E-state index contributed by atoms with van der Waals surface area (Å²) in [5, 5.41) is 12.1. The molecule has 1 aromatic rings. The second-order valence-corrected chi connectivity index (χ2v) is 6.13. The normalized spacial score (nSPS) is 16.5. The zero-order valence-corrected chi connectivity index (χ0v) is 13.4. The van der Waals surface area contributed by atoms with Crippen LogP contribution in [-0.4, -0.2) is 29.6 Å². The summed E-state index contributed by atoms with van der Waals surface area (Å²) in [5.41, 5.74) is -0.326. The van der Waals surface area contributed by atoms with Crippen LogP contribution < -0.4 is 10.1 Å². The van der Waals surface area contributed by atoms with Crippen LogP contribution in [0.5, 0.6) is 5.75 Å². The Labute approximate surface area is 131 Å². The fraction of sp³-hybridized carbons (Fsp3) is 0.467. The summed E-state index contributed by atoms with van der Waals surface area (Å²) in [6.07, 6.45) is 2.76. The van der Waals surface area contributed by atoms with Gasteiger partial charge in [0.25, 0.3) is 0 Å². The molecule has 0 atom stereocenters. The number of carbonyl (C=O) groups excluding carboxylic acids is 1. The fourth-order valence-corrected chi connectivity index (χ4v) is 3.06. The van der Waals surface area contributed by atoms with E-state index in [1.165, 1.54) is 0 Å². The molecule has 1 amide bonds. The minimum Gasteiger partial charge on any atom is -0.497 e. The quantitative estimate of drug-likeness (QED) is 0.850. The van der Waals surface area contributed by atoms with Crippen molar-refractivity contribution in [3.05, 3.63) is 28.2 Å². The van der Waals surface area contributed by atoms with Gasteiger partial charge in [0.05, 0.1) is 13.5 Å². The van der Waals surface area contributed by atoms with Gasteiger partial charge in [-0.2, -0.15) is 0 Å². The van der Waals surface area contributed by atoms with E-state index in [1.807, 2.05) is 6.07 Å². The van der Waals surface area contributed by atoms with Crippen molar-refractivity contribution in [3.63, 3.8) is 0 Å². The third-order valence-electron chi connectivity index (χ3n) is 3.85. The molecule has 0 aliphatic heterocycles. The molecular formula is C15H18BrNO4. The summed E-state index contributed by atoms with van der Waals surface area (Å²) in [4.78, 5) is 23.6. The molecule has 1 aliphatic rings. The largest absolute Gasteiger partial charge is 0.497 e. The molecule has 1 aromatic carbocycles. The van der Waals surface area contributed by atoms with Gasteiger partial charge in [0.15, 0.2) is 0 Å². The second kappa shape index (κ2) is 6.47. The molecule has 0 radical (unpaired) electrons. The Morgan fingerprint density at radius 2 is 2.05 bits per heavy atom. The number of halogens is 1. The maximum atomic E-state index is 12.2. The van der Waals surface area contributed by atoms with Crippen LogP contribution in [0.2, 0.25) is 0 Å². The van der Waals surface area contributed by atoms with Crippen molar-refractivity contribution in [2.75, 3.05) is 7.11 Å². The third-order valence-corrected chi connectivity index (χ3v) is 4.62. The predicted octanol–water partition coefficient (Wildman–Crippen LogP) is 2.51. The van der Waals surface area contributed by atoms with E-state index in [0.717, 1.165) is 22.9 Å². The number of aliphatic carboxylic acids is 1. The van der Waals surface area contributed by atoms with Crippen molar-refractivity contribution in [2.24, 2.45) is 0 Å². The first-order chi connectivity index (χ1) is 9.97. The highest BCUT2D eigenvalue weighted by Crippen LogP contribution is 2.30. The number of ether oxygens (including phenoxy) is 1. The van der Waals surface area contributed by atoms with E-state index < -0.39 is 11.5 Å². The van der Waals surface area contributed by atoms with Crippen LogP contribution in [0.3, 0.4) is 0 Å². The molecule has 0 bridgehead atoms. The maximum Gasteiger partial charge on any atom is 0.329 e. The van der Waals surface area contributed by atoms with Gasteiger partial charge in [0.1, 0.15) is 11.3 Å². The first-order valence-corrected chi connectivity index (χ1v) is 7.63. The lowest BCUT2D eigenvalue weighted by atomic mass is 9.97. The van der Waals surface area contributed by atoms with E-state index in [-0.39, 0.29) is 12.3 Å². The zero-order valence-electron chi connectivity index (χ0n) is 11.8. The van der Waals surface area contributed by atoms with Crippen molar-refractivity contribution < 1.29 is 19.4 Å². The minimum atomic E-state index is -1.09. The van der Waals surface area contributed by atoms with Gasteiger partial charge in [-0.05, 0) is 36.6 Å². The molecular weight excluding hydrogens is 338 g/mol. The van der Waals surface area contributed by atoms with E-state index in [0.29, 0.717) is 18.6 Å². The number of carbonyl (C=O) groups is 2. The van der Waals surface area contributed by atoms with Gasteiger partial charge < -0.3 is 15.2 Å². The highest BCUT2D eigenvalue weighted by Gasteiger charge is 2.42. The average molecular weight is 356 g/mol. The highest BCUT2D eigenvalue weighted by atomic mass is 79.9. The lowest BCUT2D eigenvalue weighted by Gasteiger charge is -2.25. The number of carboxylic acids is 1. The number of nitrogens with one attached hydrogen (secondary N) is 1. The van der Waals surface area contributed by atoms with E-state index in [2.05, 4.69) is 21.2 Å². The van der Waals surface area contributed by atoms with Crippen LogP contribution in [0.4, 0.5) is 0 Å². The van der Waals surface area contributed by atoms with Crippen LogP contribution in [0.25, 0.3) is 0 Å². The minimum absolute atomic E-state index is 0.118. The van der Waals surface area contributed by atoms with Gasteiger partial charge in [-0.3, -0.25) is 4.79 Å². The Morgan fingerprint density at radius 1 is 1.38 bits per heavy atom. The van der Waals surface area contributed by atoms with Crippen LogP contribution in [0, 0.1) is 0 Å². The van der Waals surface area contributed by atoms with Crippen molar-refractivity contribution in [1.82, 2.24) is 5.32 Å². The van der Waals surface area contributed by atoms with Gasteiger partial charge in [-0.15, -0.1) is 0 Å². The summed E-state index contributed by atoms with van der Waals surface area (Å²) >= 11 is 3.39. The van der Waals surface area contributed by atoms with E-state index >= 15 is 0 Å². The fourth-order valence-electron chi connectivity index (χ4n) is 2.67. The summed E-state index contributed by atoms with van der Waals surface area (Å²) in [5.74, 6) is -0.568. The van der Waals surface area contributed by atoms with Crippen molar-refractivity contribution in [1.29, 1.82) is 0 Å². The molecule has 1 aliphatic carbocycles. The number of benzene rings is 1. The van der Waals surface area contributed by atoms with E-state index in [4.69, 9.17) is 4.74 Å². The lowest BCUT2D eigenvalue weighted by Crippen LogP contribution is -2.52. The Balaban J connectivity index is 2.09. The highest BCUT2D eigenvalue weighted by molar-refractivity contribution is 9.10. The summed E-state index contributed by atoms with van der Waals surface area (Å²) in [7, 11) is 1.56. The number of carboxylic acid groups (broad SMARTS) is 1. The molecule has 0 aromatic heterocycles. The molecule has 0 heterocycles. The van der Waals surface area contributed by atoms with Crippen molar-refractivity contribution in [2.45, 2.75) is 37.6 Å². The molecule has 1 fully saturated rings. The van der Waals surface area contributed by atoms with Gasteiger partial charge in [-0.1, -0.05) is 28.8 Å². The number of hydrogen-bond acceptors (Lipinski definition) is 3. The predicted molar refractivity (Wildman–Crippen MR) is 81.4 cm³/mol. The molecule has 2 N–H and O–H groups in total. The Bertz CT molecular complexity index is 553. The van der Waals surface area contributed by atoms with Crippen LogP contribution in [0.15, 0.2) is 22.7 Å². The molecule has 114 valence electrons. The summed E-state index contributed by atoms with van der Waals surface area (Å²) in [6.45, 7) is 0. The van der Waals surface area contributed by atoms with Crippen LogP contribution in [-0.2, 0) is 16.0 Å². The monoisotopic (exact) mass is 355 g/mol. The molecule has 5 nitrogen and oxygen atoms in total. The van der Waals surface area contributed by atoms with Gasteiger partial charge in [-0.25, -0.2) is 4.79 Å². The molecule has 0 unspecified atom stereocenters. The lowest BCUT2D eigenvalue weighted by molar-refractivity contribution is -0.147. The average Bonchev–Trinajstić information content (AvgIpc) is 2.91. The molecule has 1 saturated carbocycles. The number of rotatable bonds is 5. The topological polar surface area (TPSA) is 75.6 Å². The van der Waals surface area contributed by atoms with Gasteiger partial charge in [0.2, 0.25) is 5.91 Å². The summed E-state index contributed by atoms with van der Waals surface area (Å²) in [6, 6.07) is 5.37. The number of methoxy groups -OCH3 is 1. The SMILES string of the molecule is COc1ccc(Br)c(CC(=O)NC2(C(=O)O)CCCC2)c1. The van der Waals surface area contributed by atoms with Crippen LogP contribution >= 0.6 is 15.9 Å².